The zero-order chi connectivity index (χ0) is 29.2. The summed E-state index contributed by atoms with van der Waals surface area (Å²) in [6, 6.07) is 12.7. The SMILES string of the molecule is C=CCOc1nc(Nc2ccc3nn(-c4ccccc4O)nc3c2)nc(N2C(C)(C)CC(OCC=C)CC2(C)C)n1. The van der Waals surface area contributed by atoms with Gasteiger partial charge in [0, 0.05) is 16.8 Å². The Balaban J connectivity index is 1.47. The molecule has 1 saturated heterocycles. The molecule has 0 spiro atoms. The number of aromatic hydroxyl groups is 1. The Morgan fingerprint density at radius 1 is 0.951 bits per heavy atom. The van der Waals surface area contributed by atoms with E-state index >= 15 is 0 Å². The van der Waals surface area contributed by atoms with Gasteiger partial charge in [0.1, 0.15) is 29.1 Å². The van der Waals surface area contributed by atoms with Crippen LogP contribution in [0.15, 0.2) is 67.8 Å². The number of phenolic OH excluding ortho intramolecular Hbond substituents is 1. The number of anilines is 3. The number of hydrogen-bond donors (Lipinski definition) is 2. The predicted octanol–water partition coefficient (Wildman–Crippen LogP) is 5.35. The van der Waals surface area contributed by atoms with Crippen molar-refractivity contribution in [2.75, 3.05) is 23.4 Å². The van der Waals surface area contributed by atoms with Crippen molar-refractivity contribution >= 4 is 28.6 Å². The van der Waals surface area contributed by atoms with Gasteiger partial charge in [-0.15, -0.1) is 21.6 Å². The number of ether oxygens (including phenoxy) is 2. The number of benzene rings is 2. The summed E-state index contributed by atoms with van der Waals surface area (Å²) in [6.07, 6.45) is 5.11. The number of rotatable bonds is 10. The minimum absolute atomic E-state index is 0.0862. The lowest BCUT2D eigenvalue weighted by Gasteiger charge is -2.55. The molecule has 214 valence electrons. The fourth-order valence-corrected chi connectivity index (χ4v) is 5.61. The molecule has 11 heteroatoms. The van der Waals surface area contributed by atoms with E-state index in [0.717, 1.165) is 12.8 Å². The third kappa shape index (κ3) is 5.99. The zero-order valence-corrected chi connectivity index (χ0v) is 23.9. The number of nitrogens with one attached hydrogen (secondary N) is 1. The molecule has 0 amide bonds. The average Bonchev–Trinajstić information content (AvgIpc) is 3.32. The lowest BCUT2D eigenvalue weighted by atomic mass is 9.78. The van der Waals surface area contributed by atoms with Crippen LogP contribution in [-0.2, 0) is 4.74 Å². The van der Waals surface area contributed by atoms with E-state index in [1.165, 1.54) is 4.80 Å². The van der Waals surface area contributed by atoms with Crippen molar-refractivity contribution in [1.29, 1.82) is 0 Å². The van der Waals surface area contributed by atoms with E-state index in [2.05, 4.69) is 66.3 Å². The van der Waals surface area contributed by atoms with Gasteiger partial charge in [-0.05, 0) is 70.9 Å². The topological polar surface area (TPSA) is 123 Å². The molecule has 0 atom stereocenters. The Morgan fingerprint density at radius 2 is 1.66 bits per heavy atom. The van der Waals surface area contributed by atoms with Crippen molar-refractivity contribution in [3.8, 4) is 17.4 Å². The average molecular weight is 557 g/mol. The molecule has 2 aromatic heterocycles. The third-order valence-electron chi connectivity index (χ3n) is 6.98. The quantitative estimate of drug-likeness (QED) is 0.247. The second kappa shape index (κ2) is 11.2. The summed E-state index contributed by atoms with van der Waals surface area (Å²) in [5.41, 5.74) is 1.89. The van der Waals surface area contributed by atoms with Crippen LogP contribution < -0.4 is 15.0 Å². The molecule has 0 aliphatic carbocycles. The van der Waals surface area contributed by atoms with Gasteiger partial charge in [-0.25, -0.2) is 0 Å². The van der Waals surface area contributed by atoms with Crippen LogP contribution in [0.3, 0.4) is 0 Å². The molecular formula is C30H36N8O3. The number of phenols is 1. The number of nitrogens with zero attached hydrogens (tertiary/aromatic N) is 7. The van der Waals surface area contributed by atoms with Crippen LogP contribution in [0, 0.1) is 0 Å². The molecule has 2 N–H and O–H groups in total. The molecule has 1 aliphatic rings. The van der Waals surface area contributed by atoms with E-state index < -0.39 is 0 Å². The molecule has 0 radical (unpaired) electrons. The van der Waals surface area contributed by atoms with Gasteiger partial charge in [0.25, 0.3) is 0 Å². The Hall–Kier alpha value is -4.51. The maximum Gasteiger partial charge on any atom is 0.323 e. The number of hydrogen-bond acceptors (Lipinski definition) is 10. The molecule has 0 bridgehead atoms. The minimum Gasteiger partial charge on any atom is -0.506 e. The van der Waals surface area contributed by atoms with E-state index in [4.69, 9.17) is 19.4 Å². The summed E-state index contributed by atoms with van der Waals surface area (Å²) >= 11 is 0. The second-order valence-corrected chi connectivity index (χ2v) is 11.3. The largest absolute Gasteiger partial charge is 0.506 e. The second-order valence-electron chi connectivity index (χ2n) is 11.3. The Labute approximate surface area is 239 Å². The van der Waals surface area contributed by atoms with Gasteiger partial charge in [-0.1, -0.05) is 30.9 Å². The lowest BCUT2D eigenvalue weighted by Crippen LogP contribution is -2.63. The highest BCUT2D eigenvalue weighted by molar-refractivity contribution is 5.79. The first kappa shape index (κ1) is 28.0. The molecule has 1 aliphatic heterocycles. The van der Waals surface area contributed by atoms with Crippen molar-refractivity contribution in [1.82, 2.24) is 29.9 Å². The fourth-order valence-electron chi connectivity index (χ4n) is 5.61. The van der Waals surface area contributed by atoms with Crippen LogP contribution in [-0.4, -0.2) is 65.4 Å². The smallest absolute Gasteiger partial charge is 0.323 e. The van der Waals surface area contributed by atoms with Gasteiger partial charge in [0.15, 0.2) is 0 Å². The highest BCUT2D eigenvalue weighted by atomic mass is 16.5. The first-order valence-electron chi connectivity index (χ1n) is 13.5. The Kier molecular flexibility index (Phi) is 7.63. The van der Waals surface area contributed by atoms with Crippen molar-refractivity contribution in [2.24, 2.45) is 0 Å². The number of piperidine rings is 1. The highest BCUT2D eigenvalue weighted by Gasteiger charge is 2.47. The molecule has 5 rings (SSSR count). The molecule has 11 nitrogen and oxygen atoms in total. The van der Waals surface area contributed by atoms with Gasteiger partial charge in [-0.2, -0.15) is 15.0 Å². The standard InChI is InChI=1S/C30H36N8O3/c1-7-15-40-21-18-29(3,4)37(30(5,6)19-21)27-32-26(33-28(34-27)41-16-8-2)31-20-13-14-22-23(17-20)36-38(35-22)24-11-9-10-12-25(24)39/h7-14,17,21,39H,1-2,15-16,18-19H2,3-6H3,(H,31,32,33,34). The number of aromatic nitrogens is 6. The van der Waals surface area contributed by atoms with E-state index in [1.807, 2.05) is 24.3 Å². The summed E-state index contributed by atoms with van der Waals surface area (Å²) in [7, 11) is 0. The third-order valence-corrected chi connectivity index (χ3v) is 6.98. The number of fused-ring (bicyclic) bond motifs is 1. The van der Waals surface area contributed by atoms with Crippen LogP contribution >= 0.6 is 0 Å². The summed E-state index contributed by atoms with van der Waals surface area (Å²) in [4.78, 5) is 17.7. The Bertz CT molecular complexity index is 1550. The van der Waals surface area contributed by atoms with E-state index in [9.17, 15) is 5.11 Å². The first-order valence-corrected chi connectivity index (χ1v) is 13.5. The van der Waals surface area contributed by atoms with Gasteiger partial charge < -0.3 is 24.8 Å². The van der Waals surface area contributed by atoms with Crippen molar-refractivity contribution in [3.63, 3.8) is 0 Å². The summed E-state index contributed by atoms with van der Waals surface area (Å²) in [5.74, 6) is 0.932. The molecular weight excluding hydrogens is 520 g/mol. The fraction of sp³-hybridized carbons (Fsp3) is 0.367. The van der Waals surface area contributed by atoms with Crippen molar-refractivity contribution in [3.05, 3.63) is 67.8 Å². The van der Waals surface area contributed by atoms with Crippen molar-refractivity contribution < 1.29 is 14.6 Å². The molecule has 0 saturated carbocycles. The van der Waals surface area contributed by atoms with Gasteiger partial charge in [-0.3, -0.25) is 0 Å². The molecule has 3 heterocycles. The normalized spacial score (nSPS) is 16.4. The molecule has 41 heavy (non-hydrogen) atoms. The first-order chi connectivity index (χ1) is 19.6. The van der Waals surface area contributed by atoms with E-state index in [0.29, 0.717) is 40.9 Å². The monoisotopic (exact) mass is 556 g/mol. The van der Waals surface area contributed by atoms with Crippen LogP contribution in [0.1, 0.15) is 40.5 Å². The Morgan fingerprint density at radius 3 is 2.37 bits per heavy atom. The lowest BCUT2D eigenvalue weighted by molar-refractivity contribution is 0.00613. The predicted molar refractivity (Wildman–Crippen MR) is 159 cm³/mol. The van der Waals surface area contributed by atoms with Gasteiger partial charge in [0.05, 0.1) is 12.7 Å². The molecule has 4 aromatic rings. The van der Waals surface area contributed by atoms with Gasteiger partial charge in [0.2, 0.25) is 11.9 Å². The summed E-state index contributed by atoms with van der Waals surface area (Å²) in [5, 5.41) is 22.6. The highest BCUT2D eigenvalue weighted by Crippen LogP contribution is 2.42. The maximum absolute atomic E-state index is 10.2. The zero-order valence-electron chi connectivity index (χ0n) is 23.9. The van der Waals surface area contributed by atoms with Crippen LogP contribution in [0.25, 0.3) is 16.7 Å². The van der Waals surface area contributed by atoms with E-state index in [-0.39, 0.29) is 35.5 Å². The molecule has 0 unspecified atom stereocenters. The number of para-hydroxylation sites is 2. The minimum atomic E-state index is -0.317. The summed E-state index contributed by atoms with van der Waals surface area (Å²) < 4.78 is 11.8. The van der Waals surface area contributed by atoms with Crippen LogP contribution in [0.5, 0.6) is 11.8 Å². The molecule has 2 aromatic carbocycles. The van der Waals surface area contributed by atoms with Crippen LogP contribution in [0.4, 0.5) is 17.6 Å². The van der Waals surface area contributed by atoms with E-state index in [1.54, 1.807) is 30.4 Å². The summed E-state index contributed by atoms with van der Waals surface area (Å²) in [6.45, 7) is 17.0. The van der Waals surface area contributed by atoms with Gasteiger partial charge >= 0.3 is 6.01 Å². The maximum atomic E-state index is 10.2. The van der Waals surface area contributed by atoms with Crippen LogP contribution in [0.2, 0.25) is 0 Å². The molecule has 1 fully saturated rings. The van der Waals surface area contributed by atoms with Crippen molar-refractivity contribution in [2.45, 2.75) is 57.7 Å².